The lowest BCUT2D eigenvalue weighted by Gasteiger charge is -2.17. The molecule has 0 unspecified atom stereocenters. The molecule has 114 valence electrons. The minimum Gasteiger partial charge on any atom is -0.447 e. The second kappa shape index (κ2) is 6.28. The van der Waals surface area contributed by atoms with Crippen molar-refractivity contribution in [2.75, 3.05) is 13.1 Å². The van der Waals surface area contributed by atoms with Gasteiger partial charge >= 0.3 is 0 Å². The van der Waals surface area contributed by atoms with E-state index in [1.54, 1.807) is 12.1 Å². The third-order valence-electron chi connectivity index (χ3n) is 3.32. The zero-order valence-electron chi connectivity index (χ0n) is 12.4. The molecule has 0 atom stereocenters. The fourth-order valence-corrected chi connectivity index (χ4v) is 3.81. The van der Waals surface area contributed by atoms with Gasteiger partial charge < -0.3 is 9.73 Å². The molecule has 5 nitrogen and oxygen atoms in total. The Kier molecular flexibility index (Phi) is 4.88. The van der Waals surface area contributed by atoms with E-state index in [2.05, 4.69) is 19.2 Å². The molecule has 0 radical (unpaired) electrons. The van der Waals surface area contributed by atoms with Gasteiger partial charge in [0.1, 0.15) is 5.76 Å². The molecule has 1 aliphatic carbocycles. The Labute approximate surface area is 121 Å². The molecule has 1 aromatic rings. The van der Waals surface area contributed by atoms with Gasteiger partial charge in [0.25, 0.3) is 10.0 Å². The van der Waals surface area contributed by atoms with Crippen molar-refractivity contribution < 1.29 is 12.8 Å². The fourth-order valence-electron chi connectivity index (χ4n) is 2.18. The molecule has 0 amide bonds. The van der Waals surface area contributed by atoms with Crippen LogP contribution >= 0.6 is 0 Å². The van der Waals surface area contributed by atoms with Crippen molar-refractivity contribution in [2.45, 2.75) is 51.3 Å². The molecule has 1 aliphatic rings. The van der Waals surface area contributed by atoms with Crippen LogP contribution in [0.2, 0.25) is 0 Å². The minimum absolute atomic E-state index is 0.0626. The number of nitrogens with zero attached hydrogens (tertiary/aromatic N) is 1. The summed E-state index contributed by atoms with van der Waals surface area (Å²) in [6.07, 6.45) is 1.91. The van der Waals surface area contributed by atoms with Crippen LogP contribution in [0, 0.1) is 5.92 Å². The largest absolute Gasteiger partial charge is 0.447 e. The summed E-state index contributed by atoms with van der Waals surface area (Å²) >= 11 is 0. The number of hydrogen-bond donors (Lipinski definition) is 1. The highest BCUT2D eigenvalue weighted by Gasteiger charge is 2.38. The standard InChI is InChI=1S/C14H24N2O3S/c1-4-16(12-5-6-12)20(17,18)14-8-7-13(19-14)10-15-9-11(2)3/h7-8,11-12,15H,4-6,9-10H2,1-3H3. The molecule has 0 saturated heterocycles. The van der Waals surface area contributed by atoms with Gasteiger partial charge in [-0.15, -0.1) is 0 Å². The molecule has 6 heteroatoms. The van der Waals surface area contributed by atoms with Gasteiger partial charge in [-0.2, -0.15) is 4.31 Å². The number of hydrogen-bond acceptors (Lipinski definition) is 4. The van der Waals surface area contributed by atoms with E-state index < -0.39 is 10.0 Å². The SMILES string of the molecule is CCN(C1CC1)S(=O)(=O)c1ccc(CNCC(C)C)o1. The van der Waals surface area contributed by atoms with Crippen molar-refractivity contribution >= 4 is 10.0 Å². The highest BCUT2D eigenvalue weighted by Crippen LogP contribution is 2.32. The Bertz CT molecular complexity index is 532. The second-order valence-corrected chi connectivity index (χ2v) is 7.51. The summed E-state index contributed by atoms with van der Waals surface area (Å²) in [5, 5.41) is 3.30. The molecule has 0 aromatic carbocycles. The Balaban J connectivity index is 2.03. The summed E-state index contributed by atoms with van der Waals surface area (Å²) in [5.74, 6) is 1.22. The van der Waals surface area contributed by atoms with Crippen LogP contribution in [0.15, 0.2) is 21.6 Å². The Hall–Kier alpha value is -0.850. The van der Waals surface area contributed by atoms with Gasteiger partial charge in [-0.1, -0.05) is 20.8 Å². The first-order chi connectivity index (χ1) is 9.45. The van der Waals surface area contributed by atoms with Gasteiger partial charge in [0.2, 0.25) is 5.09 Å². The zero-order valence-corrected chi connectivity index (χ0v) is 13.2. The molecule has 0 spiro atoms. The van der Waals surface area contributed by atoms with Gasteiger partial charge in [-0.25, -0.2) is 8.42 Å². The number of rotatable bonds is 8. The maximum absolute atomic E-state index is 12.5. The molecule has 1 heterocycles. The van der Waals surface area contributed by atoms with Crippen LogP contribution in [0.25, 0.3) is 0 Å². The topological polar surface area (TPSA) is 62.6 Å². The van der Waals surface area contributed by atoms with Crippen molar-refractivity contribution in [1.82, 2.24) is 9.62 Å². The monoisotopic (exact) mass is 300 g/mol. The van der Waals surface area contributed by atoms with Crippen molar-refractivity contribution in [3.05, 3.63) is 17.9 Å². The molecule has 1 fully saturated rings. The van der Waals surface area contributed by atoms with Gasteiger partial charge in [0, 0.05) is 12.6 Å². The average molecular weight is 300 g/mol. The highest BCUT2D eigenvalue weighted by molar-refractivity contribution is 7.89. The molecular formula is C14H24N2O3S. The first-order valence-corrected chi connectivity index (χ1v) is 8.70. The second-order valence-electron chi connectivity index (χ2n) is 5.69. The quantitative estimate of drug-likeness (QED) is 0.799. The predicted octanol–water partition coefficient (Wildman–Crippen LogP) is 2.20. The van der Waals surface area contributed by atoms with Gasteiger partial charge in [-0.3, -0.25) is 0 Å². The third kappa shape index (κ3) is 3.62. The van der Waals surface area contributed by atoms with E-state index in [1.165, 1.54) is 4.31 Å². The summed E-state index contributed by atoms with van der Waals surface area (Å²) < 4.78 is 31.9. The van der Waals surface area contributed by atoms with E-state index in [-0.39, 0.29) is 11.1 Å². The first-order valence-electron chi connectivity index (χ1n) is 7.26. The number of nitrogens with one attached hydrogen (secondary N) is 1. The summed E-state index contributed by atoms with van der Waals surface area (Å²) in [4.78, 5) is 0. The van der Waals surface area contributed by atoms with Gasteiger partial charge in [-0.05, 0) is 37.4 Å². The van der Waals surface area contributed by atoms with Gasteiger partial charge in [0.05, 0.1) is 6.54 Å². The summed E-state index contributed by atoms with van der Waals surface area (Å²) in [6.45, 7) is 8.05. The van der Waals surface area contributed by atoms with E-state index in [1.807, 2.05) is 6.92 Å². The Morgan fingerprint density at radius 2 is 2.10 bits per heavy atom. The smallest absolute Gasteiger partial charge is 0.276 e. The fraction of sp³-hybridized carbons (Fsp3) is 0.714. The minimum atomic E-state index is -3.47. The highest BCUT2D eigenvalue weighted by atomic mass is 32.2. The van der Waals surface area contributed by atoms with Crippen LogP contribution in [-0.2, 0) is 16.6 Å². The lowest BCUT2D eigenvalue weighted by atomic mass is 10.2. The molecule has 1 aromatic heterocycles. The van der Waals surface area contributed by atoms with E-state index in [0.29, 0.717) is 24.8 Å². The zero-order chi connectivity index (χ0) is 14.8. The lowest BCUT2D eigenvalue weighted by molar-refractivity contribution is 0.363. The average Bonchev–Trinajstić information content (AvgIpc) is 3.06. The predicted molar refractivity (Wildman–Crippen MR) is 77.8 cm³/mol. The molecular weight excluding hydrogens is 276 g/mol. The van der Waals surface area contributed by atoms with Crippen LogP contribution in [0.1, 0.15) is 39.4 Å². The molecule has 1 saturated carbocycles. The molecule has 0 bridgehead atoms. The van der Waals surface area contributed by atoms with Crippen LogP contribution < -0.4 is 5.32 Å². The maximum Gasteiger partial charge on any atom is 0.276 e. The summed E-state index contributed by atoms with van der Waals surface area (Å²) in [7, 11) is -3.47. The Morgan fingerprint density at radius 3 is 2.65 bits per heavy atom. The van der Waals surface area contributed by atoms with Crippen LogP contribution in [0.5, 0.6) is 0 Å². The molecule has 1 N–H and O–H groups in total. The number of furan rings is 1. The van der Waals surface area contributed by atoms with Crippen molar-refractivity contribution in [3.63, 3.8) is 0 Å². The molecule has 2 rings (SSSR count). The van der Waals surface area contributed by atoms with Crippen molar-refractivity contribution in [3.8, 4) is 0 Å². The lowest BCUT2D eigenvalue weighted by Crippen LogP contribution is -2.32. The van der Waals surface area contributed by atoms with Crippen molar-refractivity contribution in [1.29, 1.82) is 0 Å². The van der Waals surface area contributed by atoms with E-state index in [0.717, 1.165) is 19.4 Å². The first kappa shape index (κ1) is 15.5. The van der Waals surface area contributed by atoms with Crippen LogP contribution in [-0.4, -0.2) is 31.9 Å². The van der Waals surface area contributed by atoms with Gasteiger partial charge in [0.15, 0.2) is 0 Å². The third-order valence-corrected chi connectivity index (χ3v) is 5.22. The van der Waals surface area contributed by atoms with Crippen LogP contribution in [0.4, 0.5) is 0 Å². The van der Waals surface area contributed by atoms with E-state index in [9.17, 15) is 8.42 Å². The Morgan fingerprint density at radius 1 is 1.40 bits per heavy atom. The molecule has 20 heavy (non-hydrogen) atoms. The maximum atomic E-state index is 12.5. The summed E-state index contributed by atoms with van der Waals surface area (Å²) in [5.41, 5.74) is 0. The van der Waals surface area contributed by atoms with E-state index >= 15 is 0 Å². The number of sulfonamides is 1. The van der Waals surface area contributed by atoms with E-state index in [4.69, 9.17) is 4.42 Å². The molecule has 0 aliphatic heterocycles. The van der Waals surface area contributed by atoms with Crippen LogP contribution in [0.3, 0.4) is 0 Å². The normalized spacial score (nSPS) is 16.2. The summed E-state index contributed by atoms with van der Waals surface area (Å²) in [6, 6.07) is 3.46. The van der Waals surface area contributed by atoms with Crippen molar-refractivity contribution in [2.24, 2.45) is 5.92 Å².